The Balaban J connectivity index is 2.69. The number of rotatable bonds is 3. The smallest absolute Gasteiger partial charge is 0.125 e. The van der Waals surface area contributed by atoms with Crippen LogP contribution < -0.4 is 5.32 Å². The van der Waals surface area contributed by atoms with Crippen LogP contribution in [0.2, 0.25) is 0 Å². The molecule has 3 heteroatoms. The van der Waals surface area contributed by atoms with E-state index in [4.69, 9.17) is 11.6 Å². The van der Waals surface area contributed by atoms with Gasteiger partial charge in [-0.2, -0.15) is 0 Å². The first-order valence-corrected chi connectivity index (χ1v) is 5.34. The Morgan fingerprint density at radius 1 is 1.36 bits per heavy atom. The van der Waals surface area contributed by atoms with Gasteiger partial charge in [0.25, 0.3) is 0 Å². The maximum atomic E-state index is 5.57. The molecule has 1 aromatic heterocycles. The number of hydrogen-bond acceptors (Lipinski definition) is 2. The van der Waals surface area contributed by atoms with Crippen molar-refractivity contribution >= 4 is 17.4 Å². The van der Waals surface area contributed by atoms with E-state index < -0.39 is 0 Å². The maximum Gasteiger partial charge on any atom is 0.125 e. The number of nitrogens with one attached hydrogen (secondary N) is 1. The molecule has 0 saturated carbocycles. The number of pyridine rings is 1. The summed E-state index contributed by atoms with van der Waals surface area (Å²) in [4.78, 5) is 4.31. The fourth-order valence-electron chi connectivity index (χ4n) is 1.12. The number of hydrogen-bond donors (Lipinski definition) is 1. The van der Waals surface area contributed by atoms with Crippen molar-refractivity contribution in [2.24, 2.45) is 0 Å². The zero-order chi connectivity index (χ0) is 10.6. The lowest BCUT2D eigenvalue weighted by molar-refractivity contribution is 0.587. The highest BCUT2D eigenvalue weighted by Crippen LogP contribution is 2.21. The summed E-state index contributed by atoms with van der Waals surface area (Å²) >= 11 is 5.57. The predicted octanol–water partition coefficient (Wildman–Crippen LogP) is 3.03. The molecule has 14 heavy (non-hydrogen) atoms. The molecule has 0 saturated heterocycles. The van der Waals surface area contributed by atoms with Gasteiger partial charge in [-0.15, -0.1) is 11.6 Å². The molecule has 1 N–H and O–H groups in total. The molecule has 0 aliphatic heterocycles. The first-order chi connectivity index (χ1) is 6.54. The predicted molar refractivity (Wildman–Crippen MR) is 62.1 cm³/mol. The second-order valence-corrected chi connectivity index (χ2v) is 4.68. The van der Waals surface area contributed by atoms with Crippen LogP contribution in [0.3, 0.4) is 0 Å². The molecular formula is C11H17ClN2. The molecule has 1 rings (SSSR count). The highest BCUT2D eigenvalue weighted by Gasteiger charge is 2.13. The van der Waals surface area contributed by atoms with E-state index in [9.17, 15) is 0 Å². The van der Waals surface area contributed by atoms with Crippen molar-refractivity contribution in [3.63, 3.8) is 0 Å². The molecule has 0 aromatic carbocycles. The molecule has 1 heterocycles. The van der Waals surface area contributed by atoms with Crippen molar-refractivity contribution in [2.45, 2.75) is 26.2 Å². The summed E-state index contributed by atoms with van der Waals surface area (Å²) in [5, 5.41) is 3.13. The van der Waals surface area contributed by atoms with Crippen LogP contribution in [0.4, 0.5) is 5.82 Å². The summed E-state index contributed by atoms with van der Waals surface area (Å²) < 4.78 is 0. The number of anilines is 1. The van der Waals surface area contributed by atoms with E-state index in [-0.39, 0.29) is 5.41 Å². The van der Waals surface area contributed by atoms with Gasteiger partial charge in [0.1, 0.15) is 5.82 Å². The Hall–Kier alpha value is -0.760. The van der Waals surface area contributed by atoms with E-state index in [2.05, 4.69) is 37.1 Å². The summed E-state index contributed by atoms with van der Waals surface area (Å²) in [6.07, 6.45) is 1.91. The molecule has 0 unspecified atom stereocenters. The van der Waals surface area contributed by atoms with Crippen molar-refractivity contribution in [3.8, 4) is 0 Å². The molecule has 0 bridgehead atoms. The topological polar surface area (TPSA) is 24.9 Å². The van der Waals surface area contributed by atoms with Gasteiger partial charge in [-0.3, -0.25) is 0 Å². The van der Waals surface area contributed by atoms with Crippen LogP contribution in [0.25, 0.3) is 0 Å². The molecule has 0 amide bonds. The van der Waals surface area contributed by atoms with E-state index in [0.717, 1.165) is 12.4 Å². The Bertz CT molecular complexity index is 274. The van der Waals surface area contributed by atoms with Crippen LogP contribution in [-0.4, -0.2) is 17.4 Å². The summed E-state index contributed by atoms with van der Waals surface area (Å²) in [5.74, 6) is 1.49. The van der Waals surface area contributed by atoms with Crippen molar-refractivity contribution in [1.29, 1.82) is 0 Å². The van der Waals surface area contributed by atoms with Gasteiger partial charge in [0.05, 0.1) is 0 Å². The number of alkyl halides is 1. The minimum absolute atomic E-state index is 0.165. The Morgan fingerprint density at radius 2 is 2.07 bits per heavy atom. The van der Waals surface area contributed by atoms with Gasteiger partial charge in [-0.1, -0.05) is 26.8 Å². The van der Waals surface area contributed by atoms with Crippen LogP contribution in [0.5, 0.6) is 0 Å². The summed E-state index contributed by atoms with van der Waals surface area (Å²) in [6, 6.07) is 4.09. The van der Waals surface area contributed by atoms with Gasteiger partial charge in [0, 0.05) is 18.6 Å². The lowest BCUT2D eigenvalue weighted by Gasteiger charge is -2.18. The molecule has 78 valence electrons. The average molecular weight is 213 g/mol. The minimum Gasteiger partial charge on any atom is -0.369 e. The van der Waals surface area contributed by atoms with Gasteiger partial charge in [-0.05, 0) is 17.0 Å². The van der Waals surface area contributed by atoms with Crippen molar-refractivity contribution in [1.82, 2.24) is 4.98 Å². The van der Waals surface area contributed by atoms with Gasteiger partial charge < -0.3 is 5.32 Å². The Labute approximate surface area is 90.7 Å². The van der Waals surface area contributed by atoms with E-state index in [1.165, 1.54) is 5.56 Å². The Morgan fingerprint density at radius 3 is 2.50 bits per heavy atom. The number of halogens is 1. The molecule has 0 spiro atoms. The van der Waals surface area contributed by atoms with Gasteiger partial charge in [0.15, 0.2) is 0 Å². The quantitative estimate of drug-likeness (QED) is 0.780. The monoisotopic (exact) mass is 212 g/mol. The van der Waals surface area contributed by atoms with Gasteiger partial charge >= 0.3 is 0 Å². The molecule has 0 aliphatic rings. The minimum atomic E-state index is 0.165. The van der Waals surface area contributed by atoms with Crippen LogP contribution in [0.15, 0.2) is 18.3 Å². The van der Waals surface area contributed by atoms with Crippen LogP contribution in [0, 0.1) is 0 Å². The third-order valence-corrected chi connectivity index (χ3v) is 2.22. The zero-order valence-corrected chi connectivity index (χ0v) is 9.73. The molecule has 0 fully saturated rings. The molecule has 0 radical (unpaired) electrons. The number of nitrogens with zero attached hydrogens (tertiary/aromatic N) is 1. The lowest BCUT2D eigenvalue weighted by Crippen LogP contribution is -2.12. The van der Waals surface area contributed by atoms with Crippen molar-refractivity contribution < 1.29 is 0 Å². The summed E-state index contributed by atoms with van der Waals surface area (Å²) in [5.41, 5.74) is 1.41. The molecule has 0 atom stereocenters. The number of aromatic nitrogens is 1. The fourth-order valence-corrected chi connectivity index (χ4v) is 1.21. The molecule has 2 nitrogen and oxygen atoms in total. The van der Waals surface area contributed by atoms with E-state index in [0.29, 0.717) is 5.88 Å². The Kier molecular flexibility index (Phi) is 3.76. The van der Waals surface area contributed by atoms with Crippen LogP contribution >= 0.6 is 11.6 Å². The standard InChI is InChI=1S/C11H17ClN2/c1-11(2,3)9-4-5-10(14-8-9)13-7-6-12/h4-5,8H,6-7H2,1-3H3,(H,13,14). The van der Waals surface area contributed by atoms with E-state index in [1.54, 1.807) is 0 Å². The van der Waals surface area contributed by atoms with Gasteiger partial charge in [-0.25, -0.2) is 4.98 Å². The fraction of sp³-hybridized carbons (Fsp3) is 0.545. The van der Waals surface area contributed by atoms with Gasteiger partial charge in [0.2, 0.25) is 0 Å². The first-order valence-electron chi connectivity index (χ1n) is 4.80. The van der Waals surface area contributed by atoms with E-state index in [1.807, 2.05) is 12.3 Å². The SMILES string of the molecule is CC(C)(C)c1ccc(NCCCl)nc1. The zero-order valence-electron chi connectivity index (χ0n) is 8.97. The lowest BCUT2D eigenvalue weighted by atomic mass is 9.88. The van der Waals surface area contributed by atoms with E-state index >= 15 is 0 Å². The highest BCUT2D eigenvalue weighted by molar-refractivity contribution is 6.18. The third kappa shape index (κ3) is 3.18. The largest absolute Gasteiger partial charge is 0.369 e. The third-order valence-electron chi connectivity index (χ3n) is 2.03. The summed E-state index contributed by atoms with van der Waals surface area (Å²) in [6.45, 7) is 7.28. The summed E-state index contributed by atoms with van der Waals surface area (Å²) in [7, 11) is 0. The molecule has 0 aliphatic carbocycles. The highest BCUT2D eigenvalue weighted by atomic mass is 35.5. The first kappa shape index (κ1) is 11.3. The molecule has 1 aromatic rings. The normalized spacial score (nSPS) is 11.4. The van der Waals surface area contributed by atoms with Crippen LogP contribution in [0.1, 0.15) is 26.3 Å². The average Bonchev–Trinajstić information content (AvgIpc) is 2.14. The van der Waals surface area contributed by atoms with Crippen molar-refractivity contribution in [3.05, 3.63) is 23.9 Å². The second-order valence-electron chi connectivity index (χ2n) is 4.30. The maximum absolute atomic E-state index is 5.57. The second kappa shape index (κ2) is 4.65. The van der Waals surface area contributed by atoms with Crippen molar-refractivity contribution in [2.75, 3.05) is 17.7 Å². The molecular weight excluding hydrogens is 196 g/mol. The van der Waals surface area contributed by atoms with Crippen LogP contribution in [-0.2, 0) is 5.41 Å².